The fourth-order valence-corrected chi connectivity index (χ4v) is 2.92. The fraction of sp³-hybridized carbons (Fsp3) is 0.417. The molecule has 2 aromatic rings. The molecule has 0 radical (unpaired) electrons. The van der Waals surface area contributed by atoms with Gasteiger partial charge in [-0.15, -0.1) is 5.10 Å². The largest absolute Gasteiger partial charge is 0.354 e. The summed E-state index contributed by atoms with van der Waals surface area (Å²) in [5.41, 5.74) is 0.870. The minimum Gasteiger partial charge on any atom is -0.354 e. The van der Waals surface area contributed by atoms with E-state index in [2.05, 4.69) is 24.4 Å². The summed E-state index contributed by atoms with van der Waals surface area (Å²) >= 11 is 13.1. The number of nitrogens with zero attached hydrogens (tertiary/aromatic N) is 5. The van der Waals surface area contributed by atoms with Gasteiger partial charge < -0.3 is 4.90 Å². The molecule has 0 atom stereocenters. The van der Waals surface area contributed by atoms with Crippen LogP contribution in [0.2, 0.25) is 9.36 Å². The van der Waals surface area contributed by atoms with Crippen molar-refractivity contribution in [2.24, 2.45) is 0 Å². The molecule has 1 aliphatic heterocycles. The molecule has 3 heterocycles. The molecule has 1 fully saturated rings. The highest BCUT2D eigenvalue weighted by molar-refractivity contribution is 7.10. The number of rotatable bonds is 3. The molecule has 2 aromatic heterocycles. The van der Waals surface area contributed by atoms with Gasteiger partial charge in [-0.25, -0.2) is 4.98 Å². The Morgan fingerprint density at radius 3 is 2.55 bits per heavy atom. The van der Waals surface area contributed by atoms with Crippen molar-refractivity contribution in [2.75, 3.05) is 31.1 Å². The normalized spacial score (nSPS) is 16.6. The average Bonchev–Trinajstić information content (AvgIpc) is 2.86. The van der Waals surface area contributed by atoms with E-state index in [-0.39, 0.29) is 0 Å². The molecular weight excluding hydrogens is 317 g/mol. The lowest BCUT2D eigenvalue weighted by Crippen LogP contribution is -2.46. The van der Waals surface area contributed by atoms with E-state index >= 15 is 0 Å². The summed E-state index contributed by atoms with van der Waals surface area (Å²) in [6.45, 7) is 4.54. The van der Waals surface area contributed by atoms with Crippen molar-refractivity contribution in [3.63, 3.8) is 0 Å². The van der Waals surface area contributed by atoms with Crippen molar-refractivity contribution in [2.45, 2.75) is 6.54 Å². The van der Waals surface area contributed by atoms with Crippen LogP contribution >= 0.6 is 34.7 Å². The van der Waals surface area contributed by atoms with Crippen molar-refractivity contribution in [3.8, 4) is 0 Å². The lowest BCUT2D eigenvalue weighted by atomic mass is 10.3. The predicted molar refractivity (Wildman–Crippen MR) is 81.7 cm³/mol. The van der Waals surface area contributed by atoms with Crippen LogP contribution in [0.3, 0.4) is 0 Å². The highest BCUT2D eigenvalue weighted by Crippen LogP contribution is 2.21. The van der Waals surface area contributed by atoms with Gasteiger partial charge in [-0.2, -0.15) is 0 Å². The number of aromatic nitrogens is 3. The second-order valence-electron chi connectivity index (χ2n) is 4.59. The summed E-state index contributed by atoms with van der Waals surface area (Å²) in [4.78, 5) is 8.94. The Morgan fingerprint density at radius 1 is 1.15 bits per heavy atom. The van der Waals surface area contributed by atoms with Crippen molar-refractivity contribution < 1.29 is 0 Å². The summed E-state index contributed by atoms with van der Waals surface area (Å²) in [6.07, 6.45) is 1.68. The summed E-state index contributed by atoms with van der Waals surface area (Å²) in [5.74, 6) is 0.974. The smallest absolute Gasteiger partial charge is 0.138 e. The average molecular weight is 330 g/mol. The third-order valence-electron chi connectivity index (χ3n) is 3.29. The second-order valence-corrected chi connectivity index (χ2v) is 6.38. The quantitative estimate of drug-likeness (QED) is 0.865. The van der Waals surface area contributed by atoms with Crippen LogP contribution in [-0.4, -0.2) is 45.6 Å². The van der Waals surface area contributed by atoms with E-state index in [1.54, 1.807) is 6.20 Å². The molecular formula is C12H13Cl2N5S. The fourth-order valence-electron chi connectivity index (χ4n) is 2.19. The van der Waals surface area contributed by atoms with Gasteiger partial charge >= 0.3 is 0 Å². The third-order valence-corrected chi connectivity index (χ3v) is 4.50. The lowest BCUT2D eigenvalue weighted by molar-refractivity contribution is 0.246. The first-order chi connectivity index (χ1) is 9.72. The molecule has 5 nitrogen and oxygen atoms in total. The molecule has 0 amide bonds. The van der Waals surface area contributed by atoms with Crippen LogP contribution in [0.1, 0.15) is 5.69 Å². The van der Waals surface area contributed by atoms with Gasteiger partial charge in [0, 0.05) is 50.5 Å². The zero-order valence-corrected chi connectivity index (χ0v) is 13.0. The number of anilines is 1. The van der Waals surface area contributed by atoms with Crippen molar-refractivity contribution in [3.05, 3.63) is 33.4 Å². The van der Waals surface area contributed by atoms with Crippen LogP contribution in [0.4, 0.5) is 5.82 Å². The summed E-state index contributed by atoms with van der Waals surface area (Å²) < 4.78 is 4.54. The molecule has 106 valence electrons. The maximum absolute atomic E-state index is 6.03. The minimum absolute atomic E-state index is 0.665. The van der Waals surface area contributed by atoms with Crippen molar-refractivity contribution in [1.82, 2.24) is 19.5 Å². The summed E-state index contributed by atoms with van der Waals surface area (Å²) in [5, 5.41) is 4.72. The Balaban J connectivity index is 1.57. The van der Waals surface area contributed by atoms with Gasteiger partial charge in [-0.1, -0.05) is 27.7 Å². The molecule has 8 heteroatoms. The minimum atomic E-state index is 0.665. The Kier molecular flexibility index (Phi) is 4.35. The van der Waals surface area contributed by atoms with E-state index < -0.39 is 0 Å². The highest BCUT2D eigenvalue weighted by Gasteiger charge is 2.19. The first-order valence-electron chi connectivity index (χ1n) is 6.28. The molecule has 0 N–H and O–H groups in total. The maximum Gasteiger partial charge on any atom is 0.138 e. The molecule has 0 unspecified atom stereocenters. The van der Waals surface area contributed by atoms with Gasteiger partial charge in [0.05, 0.1) is 5.02 Å². The molecule has 0 spiro atoms. The molecule has 0 bridgehead atoms. The van der Waals surface area contributed by atoms with Gasteiger partial charge in [0.15, 0.2) is 0 Å². The third kappa shape index (κ3) is 3.20. The van der Waals surface area contributed by atoms with Gasteiger partial charge in [-0.3, -0.25) is 4.90 Å². The van der Waals surface area contributed by atoms with Crippen molar-refractivity contribution >= 4 is 40.6 Å². The number of hydrogen-bond donors (Lipinski definition) is 0. The van der Waals surface area contributed by atoms with Crippen LogP contribution in [-0.2, 0) is 6.54 Å². The Labute approximate surface area is 131 Å². The summed E-state index contributed by atoms with van der Waals surface area (Å²) in [7, 11) is 0. The Hall–Kier alpha value is -0.950. The van der Waals surface area contributed by atoms with Crippen LogP contribution < -0.4 is 4.90 Å². The van der Waals surface area contributed by atoms with Crippen LogP contribution in [0.15, 0.2) is 18.3 Å². The van der Waals surface area contributed by atoms with Gasteiger partial charge in [0.25, 0.3) is 0 Å². The van der Waals surface area contributed by atoms with Gasteiger partial charge in [0.2, 0.25) is 0 Å². The number of piperazine rings is 1. The van der Waals surface area contributed by atoms with Gasteiger partial charge in [-0.05, 0) is 12.1 Å². The lowest BCUT2D eigenvalue weighted by Gasteiger charge is -2.35. The first-order valence-corrected chi connectivity index (χ1v) is 7.81. The van der Waals surface area contributed by atoms with E-state index in [0.717, 1.165) is 44.2 Å². The molecule has 3 rings (SSSR count). The monoisotopic (exact) mass is 329 g/mol. The highest BCUT2D eigenvalue weighted by atomic mass is 35.5. The van der Waals surface area contributed by atoms with Crippen LogP contribution in [0, 0.1) is 0 Å². The first kappa shape index (κ1) is 14.0. The molecule has 0 aromatic carbocycles. The SMILES string of the molecule is Clc1ccc(N2CCN(Cc3nnsc3Cl)CC2)nc1. The number of halogens is 2. The van der Waals surface area contributed by atoms with E-state index in [1.807, 2.05) is 12.1 Å². The Bertz CT molecular complexity index is 565. The second kappa shape index (κ2) is 6.22. The molecule has 0 aliphatic carbocycles. The summed E-state index contributed by atoms with van der Waals surface area (Å²) in [6, 6.07) is 3.83. The van der Waals surface area contributed by atoms with E-state index in [9.17, 15) is 0 Å². The zero-order chi connectivity index (χ0) is 13.9. The molecule has 20 heavy (non-hydrogen) atoms. The van der Waals surface area contributed by atoms with E-state index in [1.165, 1.54) is 11.5 Å². The standard InChI is InChI=1S/C12H13Cl2N5S/c13-9-1-2-11(15-7-9)19-5-3-18(4-6-19)8-10-12(14)20-17-16-10/h1-2,7H,3-6,8H2. The predicted octanol–water partition coefficient (Wildman–Crippen LogP) is 2.56. The van der Waals surface area contributed by atoms with Crippen LogP contribution in [0.25, 0.3) is 0 Å². The number of pyridine rings is 1. The van der Waals surface area contributed by atoms with Gasteiger partial charge in [0.1, 0.15) is 15.8 Å². The van der Waals surface area contributed by atoms with E-state index in [0.29, 0.717) is 9.36 Å². The van der Waals surface area contributed by atoms with Crippen molar-refractivity contribution in [1.29, 1.82) is 0 Å². The Morgan fingerprint density at radius 2 is 1.95 bits per heavy atom. The van der Waals surface area contributed by atoms with Crippen LogP contribution in [0.5, 0.6) is 0 Å². The van der Waals surface area contributed by atoms with E-state index in [4.69, 9.17) is 23.2 Å². The zero-order valence-electron chi connectivity index (χ0n) is 10.7. The molecule has 1 aliphatic rings. The topological polar surface area (TPSA) is 45.2 Å². The number of hydrogen-bond acceptors (Lipinski definition) is 6. The maximum atomic E-state index is 6.03. The molecule has 0 saturated carbocycles. The molecule has 1 saturated heterocycles.